The number of alkyl carbamates (subject to hydrolysis) is 1. The van der Waals surface area contributed by atoms with Crippen LogP contribution in [0.15, 0.2) is 12.3 Å². The molecule has 0 aliphatic carbocycles. The fraction of sp³-hybridized carbons (Fsp3) is 0.714. The molecule has 20 heavy (non-hydrogen) atoms. The summed E-state index contributed by atoms with van der Waals surface area (Å²) in [6.45, 7) is 3.17. The summed E-state index contributed by atoms with van der Waals surface area (Å²) in [5, 5.41) is 10.3. The summed E-state index contributed by atoms with van der Waals surface area (Å²) in [6, 6.07) is 1.84. The van der Waals surface area contributed by atoms with Gasteiger partial charge in [-0.2, -0.15) is 5.10 Å². The number of nitrogens with zero attached hydrogens (tertiary/aromatic N) is 2. The number of amides is 1. The Bertz CT molecular complexity index is 413. The van der Waals surface area contributed by atoms with E-state index in [4.69, 9.17) is 4.74 Å². The highest BCUT2D eigenvalue weighted by Gasteiger charge is 2.12. The third kappa shape index (κ3) is 5.21. The van der Waals surface area contributed by atoms with Crippen LogP contribution in [0.3, 0.4) is 0 Å². The average molecular weight is 280 g/mol. The molecule has 1 aromatic rings. The van der Waals surface area contributed by atoms with Gasteiger partial charge in [0.1, 0.15) is 6.61 Å². The molecule has 1 aromatic heterocycles. The van der Waals surface area contributed by atoms with Gasteiger partial charge in [0.05, 0.1) is 5.69 Å². The Balaban J connectivity index is 1.51. The fourth-order valence-corrected chi connectivity index (χ4v) is 2.48. The van der Waals surface area contributed by atoms with Gasteiger partial charge in [0, 0.05) is 19.8 Å². The number of hydrogen-bond acceptors (Lipinski definition) is 4. The van der Waals surface area contributed by atoms with Crippen LogP contribution < -0.4 is 10.6 Å². The Morgan fingerprint density at radius 2 is 2.35 bits per heavy atom. The maximum Gasteiger partial charge on any atom is 0.407 e. The Labute approximate surface area is 119 Å². The molecule has 1 fully saturated rings. The van der Waals surface area contributed by atoms with Crippen LogP contribution in [0.25, 0.3) is 0 Å². The summed E-state index contributed by atoms with van der Waals surface area (Å²) < 4.78 is 6.79. The molecule has 112 valence electrons. The Morgan fingerprint density at radius 3 is 3.05 bits per heavy atom. The first kappa shape index (κ1) is 14.8. The Morgan fingerprint density at radius 1 is 1.55 bits per heavy atom. The van der Waals surface area contributed by atoms with Gasteiger partial charge in [-0.15, -0.1) is 0 Å². The highest BCUT2D eigenvalue weighted by molar-refractivity contribution is 5.66. The molecule has 0 saturated carbocycles. The van der Waals surface area contributed by atoms with Gasteiger partial charge in [-0.1, -0.05) is 0 Å². The van der Waals surface area contributed by atoms with Gasteiger partial charge in [-0.25, -0.2) is 4.79 Å². The normalized spacial score (nSPS) is 16.1. The summed E-state index contributed by atoms with van der Waals surface area (Å²) in [7, 11) is 1.84. The van der Waals surface area contributed by atoms with Crippen molar-refractivity contribution in [3.8, 4) is 0 Å². The van der Waals surface area contributed by atoms with Crippen LogP contribution in [0, 0.1) is 5.92 Å². The number of carbonyl (C=O) groups is 1. The van der Waals surface area contributed by atoms with Gasteiger partial charge >= 0.3 is 6.09 Å². The number of aromatic nitrogens is 2. The van der Waals surface area contributed by atoms with E-state index in [1.54, 1.807) is 4.68 Å². The lowest BCUT2D eigenvalue weighted by molar-refractivity contribution is 0.137. The quantitative estimate of drug-likeness (QED) is 0.773. The average Bonchev–Trinajstić information content (AvgIpc) is 2.88. The van der Waals surface area contributed by atoms with Crippen LogP contribution in [0.4, 0.5) is 4.79 Å². The van der Waals surface area contributed by atoms with Crippen LogP contribution in [0.5, 0.6) is 0 Å². The van der Waals surface area contributed by atoms with Crippen molar-refractivity contribution in [1.29, 1.82) is 0 Å². The monoisotopic (exact) mass is 280 g/mol. The molecule has 1 amide bonds. The Hall–Kier alpha value is -1.56. The van der Waals surface area contributed by atoms with E-state index in [2.05, 4.69) is 15.7 Å². The van der Waals surface area contributed by atoms with Gasteiger partial charge in [0.25, 0.3) is 0 Å². The number of rotatable bonds is 6. The molecule has 0 unspecified atom stereocenters. The van der Waals surface area contributed by atoms with Crippen molar-refractivity contribution >= 4 is 6.09 Å². The van der Waals surface area contributed by atoms with Crippen molar-refractivity contribution < 1.29 is 9.53 Å². The first-order chi connectivity index (χ1) is 9.74. The lowest BCUT2D eigenvalue weighted by atomic mass is 9.93. The summed E-state index contributed by atoms with van der Waals surface area (Å²) in [5.41, 5.74) is 0.761. The standard InChI is InChI=1S/C14H24N4O2/c1-18-10-6-13(17-18)11-20-14(19)16-7-2-3-12-4-8-15-9-5-12/h6,10,12,15H,2-5,7-9,11H2,1H3,(H,16,19). The second-order valence-electron chi connectivity index (χ2n) is 5.32. The van der Waals surface area contributed by atoms with Gasteiger partial charge in [0.2, 0.25) is 0 Å². The van der Waals surface area contributed by atoms with Gasteiger partial charge in [-0.05, 0) is 50.8 Å². The van der Waals surface area contributed by atoms with Crippen molar-refractivity contribution in [2.45, 2.75) is 32.3 Å². The van der Waals surface area contributed by atoms with E-state index in [-0.39, 0.29) is 12.7 Å². The third-order valence-corrected chi connectivity index (χ3v) is 3.64. The van der Waals surface area contributed by atoms with Crippen molar-refractivity contribution in [2.24, 2.45) is 13.0 Å². The first-order valence-electron chi connectivity index (χ1n) is 7.34. The molecule has 0 radical (unpaired) electrons. The van der Waals surface area contributed by atoms with Crippen LogP contribution in [0.1, 0.15) is 31.4 Å². The van der Waals surface area contributed by atoms with E-state index >= 15 is 0 Å². The summed E-state index contributed by atoms with van der Waals surface area (Å²) >= 11 is 0. The van der Waals surface area contributed by atoms with Crippen molar-refractivity contribution in [2.75, 3.05) is 19.6 Å². The molecule has 0 aromatic carbocycles. The maximum absolute atomic E-state index is 11.5. The van der Waals surface area contributed by atoms with Crippen LogP contribution in [-0.2, 0) is 18.4 Å². The smallest absolute Gasteiger partial charge is 0.407 e. The maximum atomic E-state index is 11.5. The zero-order valence-electron chi connectivity index (χ0n) is 12.1. The second-order valence-corrected chi connectivity index (χ2v) is 5.32. The molecule has 2 N–H and O–H groups in total. The van der Waals surface area contributed by atoms with Crippen LogP contribution in [-0.4, -0.2) is 35.5 Å². The lowest BCUT2D eigenvalue weighted by Crippen LogP contribution is -2.29. The highest BCUT2D eigenvalue weighted by Crippen LogP contribution is 2.16. The van der Waals surface area contributed by atoms with Crippen molar-refractivity contribution in [3.05, 3.63) is 18.0 Å². The Kier molecular flexibility index (Phi) is 5.86. The summed E-state index contributed by atoms with van der Waals surface area (Å²) in [6.07, 6.45) is 6.18. The number of ether oxygens (including phenoxy) is 1. The molecule has 0 spiro atoms. The van der Waals surface area contributed by atoms with Crippen molar-refractivity contribution in [3.63, 3.8) is 0 Å². The lowest BCUT2D eigenvalue weighted by Gasteiger charge is -2.22. The van der Waals surface area contributed by atoms with E-state index in [0.29, 0.717) is 6.54 Å². The van der Waals surface area contributed by atoms with E-state index in [1.165, 1.54) is 19.3 Å². The van der Waals surface area contributed by atoms with Crippen LogP contribution in [0.2, 0.25) is 0 Å². The second kappa shape index (κ2) is 7.89. The largest absolute Gasteiger partial charge is 0.443 e. The predicted octanol–water partition coefficient (Wildman–Crippen LogP) is 1.43. The molecule has 1 saturated heterocycles. The number of piperidine rings is 1. The van der Waals surface area contributed by atoms with E-state index in [0.717, 1.165) is 31.1 Å². The molecule has 6 nitrogen and oxygen atoms in total. The molecular formula is C14H24N4O2. The van der Waals surface area contributed by atoms with E-state index in [9.17, 15) is 4.79 Å². The molecule has 1 aliphatic rings. The molecule has 6 heteroatoms. The zero-order chi connectivity index (χ0) is 14.2. The number of carbonyl (C=O) groups excluding carboxylic acids is 1. The summed E-state index contributed by atoms with van der Waals surface area (Å²) in [5.74, 6) is 0.808. The highest BCUT2D eigenvalue weighted by atomic mass is 16.5. The van der Waals surface area contributed by atoms with Gasteiger partial charge in [0.15, 0.2) is 0 Å². The zero-order valence-corrected chi connectivity index (χ0v) is 12.1. The minimum absolute atomic E-state index is 0.223. The van der Waals surface area contributed by atoms with Crippen molar-refractivity contribution in [1.82, 2.24) is 20.4 Å². The third-order valence-electron chi connectivity index (χ3n) is 3.64. The fourth-order valence-electron chi connectivity index (χ4n) is 2.48. The van der Waals surface area contributed by atoms with Gasteiger partial charge < -0.3 is 15.4 Å². The number of hydrogen-bond donors (Lipinski definition) is 2. The first-order valence-corrected chi connectivity index (χ1v) is 7.34. The number of aryl methyl sites for hydroxylation is 1. The minimum Gasteiger partial charge on any atom is -0.443 e. The predicted molar refractivity (Wildman–Crippen MR) is 76.2 cm³/mol. The topological polar surface area (TPSA) is 68.2 Å². The molecule has 2 rings (SSSR count). The summed E-state index contributed by atoms with van der Waals surface area (Å²) in [4.78, 5) is 11.5. The molecule has 1 aliphatic heterocycles. The molecule has 0 atom stereocenters. The SMILES string of the molecule is Cn1ccc(COC(=O)NCCCC2CCNCC2)n1. The molecule has 0 bridgehead atoms. The molecular weight excluding hydrogens is 256 g/mol. The molecule has 2 heterocycles. The van der Waals surface area contributed by atoms with Gasteiger partial charge in [-0.3, -0.25) is 4.68 Å². The van der Waals surface area contributed by atoms with E-state index < -0.39 is 0 Å². The number of nitrogens with one attached hydrogen (secondary N) is 2. The van der Waals surface area contributed by atoms with Crippen LogP contribution >= 0.6 is 0 Å². The van der Waals surface area contributed by atoms with E-state index in [1.807, 2.05) is 19.3 Å². The minimum atomic E-state index is -0.360.